The molecular formula is C25H25ClN2O8S. The number of anilines is 2. The highest BCUT2D eigenvalue weighted by Gasteiger charge is 2.31. The molecule has 0 aliphatic rings. The molecular weight excluding hydrogens is 524 g/mol. The summed E-state index contributed by atoms with van der Waals surface area (Å²) in [7, 11) is 1.11. The number of amides is 1. The molecule has 12 heteroatoms. The summed E-state index contributed by atoms with van der Waals surface area (Å²) in [5.74, 6) is -0.475. The maximum Gasteiger partial charge on any atom is 0.337 e. The Morgan fingerprint density at radius 3 is 2.05 bits per heavy atom. The molecule has 0 aromatic heterocycles. The van der Waals surface area contributed by atoms with E-state index >= 15 is 0 Å². The Morgan fingerprint density at radius 2 is 1.46 bits per heavy atom. The van der Waals surface area contributed by atoms with Crippen molar-refractivity contribution in [3.63, 3.8) is 0 Å². The number of carbonyl (C=O) groups is 2. The van der Waals surface area contributed by atoms with E-state index in [-0.39, 0.29) is 27.1 Å². The molecule has 0 saturated carbocycles. The van der Waals surface area contributed by atoms with Crippen LogP contribution in [0.3, 0.4) is 0 Å². The van der Waals surface area contributed by atoms with E-state index in [1.54, 1.807) is 0 Å². The van der Waals surface area contributed by atoms with Gasteiger partial charge in [0.15, 0.2) is 11.5 Å². The van der Waals surface area contributed by atoms with Crippen LogP contribution in [0, 0.1) is 0 Å². The van der Waals surface area contributed by atoms with Gasteiger partial charge in [0.25, 0.3) is 10.0 Å². The first kappa shape index (κ1) is 27.6. The van der Waals surface area contributed by atoms with Crippen molar-refractivity contribution in [1.29, 1.82) is 0 Å². The molecule has 0 aliphatic carbocycles. The van der Waals surface area contributed by atoms with E-state index in [9.17, 15) is 18.0 Å². The molecule has 196 valence electrons. The number of methoxy groups -OCH3 is 4. The van der Waals surface area contributed by atoms with Crippen molar-refractivity contribution in [3.8, 4) is 17.2 Å². The summed E-state index contributed by atoms with van der Waals surface area (Å²) >= 11 is 6.17. The van der Waals surface area contributed by atoms with Crippen LogP contribution in [0.4, 0.5) is 11.4 Å². The van der Waals surface area contributed by atoms with Gasteiger partial charge in [-0.25, -0.2) is 13.2 Å². The highest BCUT2D eigenvalue weighted by atomic mass is 35.5. The lowest BCUT2D eigenvalue weighted by Crippen LogP contribution is -2.38. The molecule has 10 nitrogen and oxygen atoms in total. The number of hydrogen-bond acceptors (Lipinski definition) is 8. The van der Waals surface area contributed by atoms with Crippen molar-refractivity contribution in [1.82, 2.24) is 0 Å². The minimum absolute atomic E-state index is 0.0565. The van der Waals surface area contributed by atoms with Crippen molar-refractivity contribution in [3.05, 3.63) is 71.2 Å². The minimum Gasteiger partial charge on any atom is -0.495 e. The van der Waals surface area contributed by atoms with E-state index in [4.69, 9.17) is 25.8 Å². The van der Waals surface area contributed by atoms with Gasteiger partial charge < -0.3 is 24.3 Å². The SMILES string of the molecule is COC(=O)c1ccc(NC(=O)CN(c2cc(Cl)ccc2OC)S(=O)(=O)c2ccc(OC)c(OC)c2)cc1. The van der Waals surface area contributed by atoms with Crippen LogP contribution in [0.15, 0.2) is 65.6 Å². The van der Waals surface area contributed by atoms with E-state index < -0.39 is 28.4 Å². The zero-order valence-corrected chi connectivity index (χ0v) is 22.1. The summed E-state index contributed by atoms with van der Waals surface area (Å²) in [6, 6.07) is 14.4. The molecule has 0 radical (unpaired) electrons. The Bertz CT molecular complexity index is 1390. The van der Waals surface area contributed by atoms with E-state index in [0.29, 0.717) is 17.0 Å². The Labute approximate surface area is 219 Å². The van der Waals surface area contributed by atoms with Crippen molar-refractivity contribution >= 4 is 44.9 Å². The quantitative estimate of drug-likeness (QED) is 0.378. The minimum atomic E-state index is -4.33. The fraction of sp³-hybridized carbons (Fsp3) is 0.200. The largest absolute Gasteiger partial charge is 0.495 e. The number of nitrogens with zero attached hydrogens (tertiary/aromatic N) is 1. The van der Waals surface area contributed by atoms with Crippen LogP contribution in [-0.4, -0.2) is 55.3 Å². The smallest absolute Gasteiger partial charge is 0.337 e. The predicted octanol–water partition coefficient (Wildman–Crippen LogP) is 3.99. The van der Waals surface area contributed by atoms with Gasteiger partial charge in [0, 0.05) is 16.8 Å². The highest BCUT2D eigenvalue weighted by Crippen LogP contribution is 2.37. The lowest BCUT2D eigenvalue weighted by molar-refractivity contribution is -0.114. The van der Waals surface area contributed by atoms with Crippen LogP contribution >= 0.6 is 11.6 Å². The Morgan fingerprint density at radius 1 is 0.838 bits per heavy atom. The van der Waals surface area contributed by atoms with Gasteiger partial charge in [-0.3, -0.25) is 9.10 Å². The lowest BCUT2D eigenvalue weighted by atomic mass is 10.2. The van der Waals surface area contributed by atoms with Gasteiger partial charge in [-0.15, -0.1) is 0 Å². The molecule has 1 N–H and O–H groups in total. The van der Waals surface area contributed by atoms with Crippen molar-refractivity contribution in [2.45, 2.75) is 4.90 Å². The van der Waals surface area contributed by atoms with E-state index in [1.165, 1.54) is 89.1 Å². The van der Waals surface area contributed by atoms with Crippen molar-refractivity contribution in [2.24, 2.45) is 0 Å². The summed E-state index contributed by atoms with van der Waals surface area (Å²) < 4.78 is 49.0. The zero-order chi connectivity index (χ0) is 27.2. The number of carbonyl (C=O) groups excluding carboxylic acids is 2. The van der Waals surface area contributed by atoms with Gasteiger partial charge in [0.1, 0.15) is 12.3 Å². The number of benzene rings is 3. The summed E-state index contributed by atoms with van der Waals surface area (Å²) in [6.45, 7) is -0.619. The van der Waals surface area contributed by atoms with Crippen molar-refractivity contribution in [2.75, 3.05) is 44.6 Å². The number of esters is 1. The van der Waals surface area contributed by atoms with Crippen LogP contribution in [-0.2, 0) is 19.6 Å². The number of halogens is 1. The molecule has 0 saturated heterocycles. The number of sulfonamides is 1. The summed E-state index contributed by atoms with van der Waals surface area (Å²) in [4.78, 5) is 24.5. The zero-order valence-electron chi connectivity index (χ0n) is 20.5. The molecule has 3 aromatic carbocycles. The first-order chi connectivity index (χ1) is 17.6. The molecule has 3 aromatic rings. The highest BCUT2D eigenvalue weighted by molar-refractivity contribution is 7.92. The number of nitrogens with one attached hydrogen (secondary N) is 1. The lowest BCUT2D eigenvalue weighted by Gasteiger charge is -2.26. The Balaban J connectivity index is 2.01. The normalized spacial score (nSPS) is 10.8. The van der Waals surface area contributed by atoms with Gasteiger partial charge in [-0.1, -0.05) is 11.6 Å². The van der Waals surface area contributed by atoms with Crippen molar-refractivity contribution < 1.29 is 37.0 Å². The molecule has 0 spiro atoms. The first-order valence-electron chi connectivity index (χ1n) is 10.7. The van der Waals surface area contributed by atoms with Crippen LogP contribution in [0.2, 0.25) is 5.02 Å². The number of hydrogen-bond donors (Lipinski definition) is 1. The van der Waals surface area contributed by atoms with Gasteiger partial charge in [-0.05, 0) is 54.6 Å². The maximum atomic E-state index is 13.8. The standard InChI is InChI=1S/C25H25ClN2O8S/c1-33-21-11-7-17(26)13-20(21)28(37(31,32)19-10-12-22(34-2)23(14-19)35-3)15-24(29)27-18-8-5-16(6-9-18)25(30)36-4/h5-14H,15H2,1-4H3,(H,27,29). The topological polar surface area (TPSA) is 120 Å². The average Bonchev–Trinajstić information content (AvgIpc) is 2.91. The molecule has 1 amide bonds. The van der Waals surface area contributed by atoms with Gasteiger partial charge in [0.2, 0.25) is 5.91 Å². The fourth-order valence-corrected chi connectivity index (χ4v) is 5.01. The molecule has 0 atom stereocenters. The predicted molar refractivity (Wildman–Crippen MR) is 138 cm³/mol. The first-order valence-corrected chi connectivity index (χ1v) is 12.5. The maximum absolute atomic E-state index is 13.8. The summed E-state index contributed by atoms with van der Waals surface area (Å²) in [5, 5.41) is 2.87. The van der Waals surface area contributed by atoms with Gasteiger partial charge in [0.05, 0.1) is 44.6 Å². The molecule has 0 heterocycles. The van der Waals surface area contributed by atoms with E-state index in [0.717, 1.165) is 4.31 Å². The monoisotopic (exact) mass is 548 g/mol. The Hall–Kier alpha value is -3.96. The summed E-state index contributed by atoms with van der Waals surface area (Å²) in [5.41, 5.74) is 0.696. The Kier molecular flexibility index (Phi) is 8.85. The fourth-order valence-electron chi connectivity index (χ4n) is 3.40. The molecule has 37 heavy (non-hydrogen) atoms. The van der Waals surface area contributed by atoms with Gasteiger partial charge >= 0.3 is 5.97 Å². The van der Waals surface area contributed by atoms with E-state index in [1.807, 2.05) is 0 Å². The summed E-state index contributed by atoms with van der Waals surface area (Å²) in [6.07, 6.45) is 0. The van der Waals surface area contributed by atoms with Crippen LogP contribution < -0.4 is 23.8 Å². The average molecular weight is 549 g/mol. The second-order valence-electron chi connectivity index (χ2n) is 7.46. The molecule has 0 fully saturated rings. The third-order valence-electron chi connectivity index (χ3n) is 5.23. The van der Waals surface area contributed by atoms with Crippen LogP contribution in [0.5, 0.6) is 17.2 Å². The third-order valence-corrected chi connectivity index (χ3v) is 7.22. The second-order valence-corrected chi connectivity index (χ2v) is 9.76. The van der Waals surface area contributed by atoms with Crippen LogP contribution in [0.1, 0.15) is 10.4 Å². The molecule has 0 aliphatic heterocycles. The van der Waals surface area contributed by atoms with Gasteiger partial charge in [-0.2, -0.15) is 0 Å². The van der Waals surface area contributed by atoms with E-state index in [2.05, 4.69) is 10.1 Å². The molecule has 3 rings (SSSR count). The van der Waals surface area contributed by atoms with Crippen LogP contribution in [0.25, 0.3) is 0 Å². The third kappa shape index (κ3) is 6.25. The molecule has 0 unspecified atom stereocenters. The second kappa shape index (κ2) is 11.8. The number of rotatable bonds is 10. The number of ether oxygens (including phenoxy) is 4. The molecule has 0 bridgehead atoms.